The van der Waals surface area contributed by atoms with Crippen molar-refractivity contribution >= 4 is 11.5 Å². The predicted octanol–water partition coefficient (Wildman–Crippen LogP) is 4.45. The number of nitrogens with zero attached hydrogens (tertiary/aromatic N) is 1. The van der Waals surface area contributed by atoms with Crippen molar-refractivity contribution in [3.63, 3.8) is 0 Å². The number of unbranched alkanes of at least 4 members (excludes halogenated alkanes) is 4. The highest BCUT2D eigenvalue weighted by Gasteiger charge is 2.23. The fraction of sp³-hybridized carbons (Fsp3) is 0.611. The van der Waals surface area contributed by atoms with Gasteiger partial charge in [-0.2, -0.15) is 0 Å². The Hall–Kier alpha value is -1.51. The highest BCUT2D eigenvalue weighted by Crippen LogP contribution is 2.34. The molecule has 1 aromatic rings. The van der Waals surface area contributed by atoms with Gasteiger partial charge in [-0.15, -0.1) is 0 Å². The Kier molecular flexibility index (Phi) is 5.66. The summed E-state index contributed by atoms with van der Waals surface area (Å²) in [4.78, 5) is 14.0. The summed E-state index contributed by atoms with van der Waals surface area (Å²) in [7, 11) is 0. The first-order valence-corrected chi connectivity index (χ1v) is 8.18. The molecule has 1 aromatic carbocycles. The number of hydrogen-bond acceptors (Lipinski definition) is 3. The second-order valence-electron chi connectivity index (χ2n) is 6.03. The molecule has 3 nitrogen and oxygen atoms in total. The number of ether oxygens (including phenoxy) is 1. The number of Topliss-reactive ketones (excluding diaryl/α,β-unsaturated/α-hetero) is 1. The summed E-state index contributed by atoms with van der Waals surface area (Å²) in [5, 5.41) is 0. The van der Waals surface area contributed by atoms with Gasteiger partial charge in [0.2, 0.25) is 0 Å². The van der Waals surface area contributed by atoms with Crippen LogP contribution in [0.3, 0.4) is 0 Å². The standard InChI is InChI=1S/C18H27NO2/c1-4-5-6-7-8-11-19-13-14(2)21-18-10-9-16(15(3)20)12-17(18)19/h9-10,12,14H,4-8,11,13H2,1-3H3. The molecule has 0 aliphatic carbocycles. The second kappa shape index (κ2) is 7.48. The summed E-state index contributed by atoms with van der Waals surface area (Å²) in [6.45, 7) is 7.91. The average molecular weight is 289 g/mol. The van der Waals surface area contributed by atoms with Gasteiger partial charge in [-0.25, -0.2) is 0 Å². The van der Waals surface area contributed by atoms with E-state index in [0.717, 1.165) is 30.1 Å². The highest BCUT2D eigenvalue weighted by molar-refractivity contribution is 5.95. The molecule has 0 fully saturated rings. The number of fused-ring (bicyclic) bond motifs is 1. The number of rotatable bonds is 7. The SMILES string of the molecule is CCCCCCCN1CC(C)Oc2ccc(C(C)=O)cc21. The molecule has 0 bridgehead atoms. The van der Waals surface area contributed by atoms with Gasteiger partial charge >= 0.3 is 0 Å². The fourth-order valence-electron chi connectivity index (χ4n) is 2.86. The van der Waals surface area contributed by atoms with E-state index in [2.05, 4.69) is 18.7 Å². The van der Waals surface area contributed by atoms with E-state index >= 15 is 0 Å². The van der Waals surface area contributed by atoms with Crippen molar-refractivity contribution in [3.05, 3.63) is 23.8 Å². The Balaban J connectivity index is 2.05. The van der Waals surface area contributed by atoms with Gasteiger partial charge in [0.05, 0.1) is 12.2 Å². The number of carbonyl (C=O) groups is 1. The minimum absolute atomic E-state index is 0.110. The van der Waals surface area contributed by atoms with E-state index in [4.69, 9.17) is 4.74 Å². The molecule has 116 valence electrons. The van der Waals surface area contributed by atoms with E-state index in [0.29, 0.717) is 0 Å². The van der Waals surface area contributed by atoms with Crippen molar-refractivity contribution in [2.75, 3.05) is 18.0 Å². The Morgan fingerprint density at radius 3 is 2.76 bits per heavy atom. The van der Waals surface area contributed by atoms with Crippen molar-refractivity contribution < 1.29 is 9.53 Å². The van der Waals surface area contributed by atoms with Crippen LogP contribution in [0.5, 0.6) is 5.75 Å². The van der Waals surface area contributed by atoms with E-state index in [9.17, 15) is 4.79 Å². The van der Waals surface area contributed by atoms with Gasteiger partial charge in [0.15, 0.2) is 5.78 Å². The van der Waals surface area contributed by atoms with E-state index in [1.165, 1.54) is 32.1 Å². The Bertz CT molecular complexity index is 484. The van der Waals surface area contributed by atoms with Gasteiger partial charge in [0, 0.05) is 12.1 Å². The van der Waals surface area contributed by atoms with Crippen LogP contribution in [0.4, 0.5) is 5.69 Å². The first-order valence-electron chi connectivity index (χ1n) is 8.18. The average Bonchev–Trinajstić information content (AvgIpc) is 2.46. The van der Waals surface area contributed by atoms with Gasteiger partial charge in [-0.1, -0.05) is 32.6 Å². The molecule has 3 heteroatoms. The summed E-state index contributed by atoms with van der Waals surface area (Å²) in [6, 6.07) is 5.78. The van der Waals surface area contributed by atoms with Gasteiger partial charge in [0.25, 0.3) is 0 Å². The Labute approximate surface area is 128 Å². The molecular formula is C18H27NO2. The maximum Gasteiger partial charge on any atom is 0.159 e. The molecule has 0 N–H and O–H groups in total. The molecule has 0 saturated heterocycles. The van der Waals surface area contributed by atoms with E-state index < -0.39 is 0 Å². The summed E-state index contributed by atoms with van der Waals surface area (Å²) < 4.78 is 5.89. The lowest BCUT2D eigenvalue weighted by Crippen LogP contribution is -2.39. The lowest BCUT2D eigenvalue weighted by molar-refractivity contribution is 0.101. The van der Waals surface area contributed by atoms with Crippen LogP contribution in [0.1, 0.15) is 63.2 Å². The monoisotopic (exact) mass is 289 g/mol. The lowest BCUT2D eigenvalue weighted by Gasteiger charge is -2.35. The molecule has 1 heterocycles. The van der Waals surface area contributed by atoms with Gasteiger partial charge in [-0.05, 0) is 38.5 Å². The number of ketones is 1. The molecule has 0 amide bonds. The van der Waals surface area contributed by atoms with Crippen LogP contribution in [0, 0.1) is 0 Å². The zero-order chi connectivity index (χ0) is 15.2. The van der Waals surface area contributed by atoms with Crippen LogP contribution in [0.15, 0.2) is 18.2 Å². The van der Waals surface area contributed by atoms with E-state index in [-0.39, 0.29) is 11.9 Å². The maximum atomic E-state index is 11.6. The molecule has 21 heavy (non-hydrogen) atoms. The molecule has 1 unspecified atom stereocenters. The van der Waals surface area contributed by atoms with Crippen LogP contribution >= 0.6 is 0 Å². The van der Waals surface area contributed by atoms with Crippen LogP contribution in [0.25, 0.3) is 0 Å². The molecule has 0 saturated carbocycles. The normalized spacial score (nSPS) is 17.3. The predicted molar refractivity (Wildman–Crippen MR) is 87.5 cm³/mol. The first kappa shape index (κ1) is 15.9. The minimum atomic E-state index is 0.110. The molecule has 0 radical (unpaired) electrons. The maximum absolute atomic E-state index is 11.6. The first-order chi connectivity index (χ1) is 10.1. The summed E-state index contributed by atoms with van der Waals surface area (Å²) >= 11 is 0. The van der Waals surface area contributed by atoms with E-state index in [1.54, 1.807) is 6.92 Å². The molecule has 1 atom stereocenters. The number of carbonyl (C=O) groups excluding carboxylic acids is 1. The summed E-state index contributed by atoms with van der Waals surface area (Å²) in [5.74, 6) is 1.02. The highest BCUT2D eigenvalue weighted by atomic mass is 16.5. The molecule has 0 spiro atoms. The van der Waals surface area contributed by atoms with Crippen LogP contribution in [0.2, 0.25) is 0 Å². The molecule has 2 rings (SSSR count). The van der Waals surface area contributed by atoms with Crippen LogP contribution in [-0.4, -0.2) is 25.0 Å². The van der Waals surface area contributed by atoms with Crippen molar-refractivity contribution in [1.29, 1.82) is 0 Å². The van der Waals surface area contributed by atoms with Crippen molar-refractivity contribution in [3.8, 4) is 5.75 Å². The van der Waals surface area contributed by atoms with Crippen molar-refractivity contribution in [1.82, 2.24) is 0 Å². The Morgan fingerprint density at radius 1 is 1.29 bits per heavy atom. The second-order valence-corrected chi connectivity index (χ2v) is 6.03. The van der Waals surface area contributed by atoms with Gasteiger partial charge in [-0.3, -0.25) is 4.79 Å². The quantitative estimate of drug-likeness (QED) is 0.549. The largest absolute Gasteiger partial charge is 0.487 e. The number of anilines is 1. The van der Waals surface area contributed by atoms with E-state index in [1.807, 2.05) is 18.2 Å². The third kappa shape index (κ3) is 4.23. The smallest absolute Gasteiger partial charge is 0.159 e. The zero-order valence-electron chi connectivity index (χ0n) is 13.5. The van der Waals surface area contributed by atoms with Crippen LogP contribution in [-0.2, 0) is 0 Å². The van der Waals surface area contributed by atoms with Crippen LogP contribution < -0.4 is 9.64 Å². The molecule has 0 aromatic heterocycles. The molecular weight excluding hydrogens is 262 g/mol. The zero-order valence-corrected chi connectivity index (χ0v) is 13.5. The number of benzene rings is 1. The molecule has 1 aliphatic rings. The Morgan fingerprint density at radius 2 is 2.05 bits per heavy atom. The molecule has 1 aliphatic heterocycles. The van der Waals surface area contributed by atoms with Gasteiger partial charge in [0.1, 0.15) is 11.9 Å². The van der Waals surface area contributed by atoms with Crippen molar-refractivity contribution in [2.24, 2.45) is 0 Å². The number of hydrogen-bond donors (Lipinski definition) is 0. The third-order valence-electron chi connectivity index (χ3n) is 4.04. The topological polar surface area (TPSA) is 29.5 Å². The van der Waals surface area contributed by atoms with Crippen molar-refractivity contribution in [2.45, 2.75) is 59.0 Å². The fourth-order valence-corrected chi connectivity index (χ4v) is 2.86. The van der Waals surface area contributed by atoms with Gasteiger partial charge < -0.3 is 9.64 Å². The minimum Gasteiger partial charge on any atom is -0.487 e. The lowest BCUT2D eigenvalue weighted by atomic mass is 10.1. The third-order valence-corrected chi connectivity index (χ3v) is 4.04. The summed E-state index contributed by atoms with van der Waals surface area (Å²) in [6.07, 6.45) is 6.61. The summed E-state index contributed by atoms with van der Waals surface area (Å²) in [5.41, 5.74) is 1.85.